The van der Waals surface area contributed by atoms with Crippen molar-refractivity contribution in [2.45, 2.75) is 62.7 Å². The van der Waals surface area contributed by atoms with Gasteiger partial charge in [0, 0.05) is 56.0 Å². The van der Waals surface area contributed by atoms with E-state index in [-0.39, 0.29) is 35.7 Å². The molecular weight excluding hydrogens is 468 g/mol. The van der Waals surface area contributed by atoms with Gasteiger partial charge in [-0.1, -0.05) is 24.4 Å². The van der Waals surface area contributed by atoms with Crippen LogP contribution in [0.25, 0.3) is 0 Å². The predicted molar refractivity (Wildman–Crippen MR) is 134 cm³/mol. The van der Waals surface area contributed by atoms with Crippen LogP contribution in [0.5, 0.6) is 17.2 Å². The third kappa shape index (κ3) is 5.68. The van der Waals surface area contributed by atoms with Crippen LogP contribution in [-0.4, -0.2) is 65.0 Å². The number of carbonyl (C=O) groups is 1. The lowest BCUT2D eigenvalue weighted by atomic mass is 9.87. The molecule has 0 bridgehead atoms. The molecule has 2 fully saturated rings. The minimum Gasteiger partial charge on any atom is -0.508 e. The largest absolute Gasteiger partial charge is 0.508 e. The second kappa shape index (κ2) is 10.2. The van der Waals surface area contributed by atoms with Crippen LogP contribution in [0.2, 0.25) is 5.02 Å². The van der Waals surface area contributed by atoms with E-state index in [4.69, 9.17) is 21.1 Å². The highest BCUT2D eigenvalue weighted by molar-refractivity contribution is 6.30. The zero-order valence-corrected chi connectivity index (χ0v) is 20.6. The van der Waals surface area contributed by atoms with Gasteiger partial charge in [-0.2, -0.15) is 0 Å². The first-order chi connectivity index (χ1) is 16.9. The average Bonchev–Trinajstić information content (AvgIpc) is 3.46. The first-order valence-electron chi connectivity index (χ1n) is 12.5. The minimum atomic E-state index is -0.724. The Morgan fingerprint density at radius 1 is 1.20 bits per heavy atom. The van der Waals surface area contributed by atoms with Crippen molar-refractivity contribution in [2.75, 3.05) is 26.2 Å². The van der Waals surface area contributed by atoms with Gasteiger partial charge >= 0.3 is 0 Å². The number of fused-ring (bicyclic) bond motifs is 1. The number of benzene rings is 2. The molecule has 1 amide bonds. The summed E-state index contributed by atoms with van der Waals surface area (Å²) in [6.45, 7) is 2.15. The molecule has 0 radical (unpaired) electrons. The fraction of sp³-hybridized carbons (Fsp3) is 0.519. The molecule has 188 valence electrons. The number of phenolic OH excluding ortho intramolecular Hbond substituents is 1. The number of nitrogens with one attached hydrogen (secondary N) is 1. The summed E-state index contributed by atoms with van der Waals surface area (Å²) in [5, 5.41) is 24.3. The number of phenols is 1. The van der Waals surface area contributed by atoms with Crippen LogP contribution >= 0.6 is 11.6 Å². The minimum absolute atomic E-state index is 0.0204. The SMILES string of the molecule is O=C(NC1CCCC1)c1ccc(O)cc1OC[C@@H](O)CN1CCC2(CC1)Cc1cc(Cl)ccc1O2. The molecule has 2 aromatic rings. The van der Waals surface area contributed by atoms with Gasteiger partial charge in [0.15, 0.2) is 0 Å². The van der Waals surface area contributed by atoms with Gasteiger partial charge in [0.25, 0.3) is 5.91 Å². The summed E-state index contributed by atoms with van der Waals surface area (Å²) < 4.78 is 12.1. The summed E-state index contributed by atoms with van der Waals surface area (Å²) in [7, 11) is 0. The highest BCUT2D eigenvalue weighted by Gasteiger charge is 2.42. The predicted octanol–water partition coefficient (Wildman–Crippen LogP) is 3.93. The highest BCUT2D eigenvalue weighted by atomic mass is 35.5. The lowest BCUT2D eigenvalue weighted by Crippen LogP contribution is -2.49. The van der Waals surface area contributed by atoms with Crippen molar-refractivity contribution in [3.63, 3.8) is 0 Å². The van der Waals surface area contributed by atoms with E-state index in [1.165, 1.54) is 17.7 Å². The van der Waals surface area contributed by atoms with Crippen molar-refractivity contribution in [1.82, 2.24) is 10.2 Å². The number of ether oxygens (including phenoxy) is 2. The molecule has 5 rings (SSSR count). The van der Waals surface area contributed by atoms with Gasteiger partial charge in [0.05, 0.1) is 5.56 Å². The number of amides is 1. The number of β-amino-alcohol motifs (C(OH)–C–C–N with tert-alkyl or cyclic N) is 1. The third-order valence-corrected chi connectivity index (χ3v) is 7.66. The molecule has 2 aliphatic heterocycles. The van der Waals surface area contributed by atoms with Gasteiger partial charge in [0.1, 0.15) is 35.6 Å². The standard InChI is InChI=1S/C27H33ClN2O5/c28-19-5-8-24-18(13-19)15-27(35-24)9-11-30(12-10-27)16-22(32)17-34-25-14-21(31)6-7-23(25)26(33)29-20-3-1-2-4-20/h5-8,13-14,20,22,31-32H,1-4,9-12,15-17H2,(H,29,33)/t22-/m0/s1. The Balaban J connectivity index is 1.12. The Labute approximate surface area is 211 Å². The number of halogens is 1. The van der Waals surface area contributed by atoms with E-state index in [9.17, 15) is 15.0 Å². The van der Waals surface area contributed by atoms with Crippen LogP contribution in [-0.2, 0) is 6.42 Å². The molecular formula is C27H33ClN2O5. The maximum Gasteiger partial charge on any atom is 0.255 e. The summed E-state index contributed by atoms with van der Waals surface area (Å²) in [6.07, 6.45) is 6.13. The van der Waals surface area contributed by atoms with E-state index >= 15 is 0 Å². The number of aliphatic hydroxyl groups excluding tert-OH is 1. The first kappa shape index (κ1) is 24.2. The van der Waals surface area contributed by atoms with E-state index in [1.807, 2.05) is 18.2 Å². The first-order valence-corrected chi connectivity index (χ1v) is 12.9. The molecule has 0 aromatic heterocycles. The number of nitrogens with zero attached hydrogens (tertiary/aromatic N) is 1. The number of aromatic hydroxyl groups is 1. The quantitative estimate of drug-likeness (QED) is 0.533. The molecule has 2 heterocycles. The maximum absolute atomic E-state index is 12.8. The zero-order chi connectivity index (χ0) is 24.4. The van der Waals surface area contributed by atoms with E-state index in [0.717, 1.165) is 68.8 Å². The molecule has 1 atom stereocenters. The molecule has 3 N–H and O–H groups in total. The van der Waals surface area contributed by atoms with Crippen LogP contribution in [0, 0.1) is 0 Å². The van der Waals surface area contributed by atoms with Gasteiger partial charge in [-0.15, -0.1) is 0 Å². The second-order valence-corrected chi connectivity index (χ2v) is 10.6. The Bertz CT molecular complexity index is 1060. The van der Waals surface area contributed by atoms with Crippen LogP contribution in [0.4, 0.5) is 0 Å². The van der Waals surface area contributed by atoms with Crippen molar-refractivity contribution in [1.29, 1.82) is 0 Å². The summed E-state index contributed by atoms with van der Waals surface area (Å²) in [6, 6.07) is 10.5. The molecule has 7 nitrogen and oxygen atoms in total. The van der Waals surface area contributed by atoms with E-state index in [2.05, 4.69) is 10.2 Å². The fourth-order valence-electron chi connectivity index (χ4n) is 5.51. The Hall–Kier alpha value is -2.48. The van der Waals surface area contributed by atoms with E-state index < -0.39 is 6.10 Å². The Kier molecular flexibility index (Phi) is 7.09. The normalized spacial score (nSPS) is 20.4. The third-order valence-electron chi connectivity index (χ3n) is 7.43. The van der Waals surface area contributed by atoms with Gasteiger partial charge in [0.2, 0.25) is 0 Å². The summed E-state index contributed by atoms with van der Waals surface area (Å²) in [5.74, 6) is 1.02. The molecule has 0 unspecified atom stereocenters. The van der Waals surface area contributed by atoms with Gasteiger partial charge in [-0.3, -0.25) is 4.79 Å². The van der Waals surface area contributed by atoms with Gasteiger partial charge in [-0.25, -0.2) is 0 Å². The monoisotopic (exact) mass is 500 g/mol. The molecule has 1 saturated carbocycles. The number of hydrogen-bond donors (Lipinski definition) is 3. The average molecular weight is 501 g/mol. The number of aliphatic hydroxyl groups is 1. The fourth-order valence-corrected chi connectivity index (χ4v) is 5.71. The number of piperidine rings is 1. The summed E-state index contributed by atoms with van der Waals surface area (Å²) >= 11 is 6.14. The maximum atomic E-state index is 12.8. The van der Waals surface area contributed by atoms with Crippen LogP contribution in [0.1, 0.15) is 54.4 Å². The van der Waals surface area contributed by atoms with Crippen LogP contribution < -0.4 is 14.8 Å². The van der Waals surface area contributed by atoms with Gasteiger partial charge in [-0.05, 0) is 48.7 Å². The molecule has 3 aliphatic rings. The van der Waals surface area contributed by atoms with Crippen molar-refractivity contribution in [2.24, 2.45) is 0 Å². The molecule has 1 aliphatic carbocycles. The van der Waals surface area contributed by atoms with Crippen molar-refractivity contribution in [3.8, 4) is 17.2 Å². The molecule has 35 heavy (non-hydrogen) atoms. The lowest BCUT2D eigenvalue weighted by molar-refractivity contribution is -0.00200. The number of rotatable bonds is 7. The zero-order valence-electron chi connectivity index (χ0n) is 19.8. The van der Waals surface area contributed by atoms with E-state index in [1.54, 1.807) is 6.07 Å². The van der Waals surface area contributed by atoms with Crippen LogP contribution in [0.3, 0.4) is 0 Å². The Morgan fingerprint density at radius 2 is 1.97 bits per heavy atom. The topological polar surface area (TPSA) is 91.3 Å². The highest BCUT2D eigenvalue weighted by Crippen LogP contribution is 2.42. The number of likely N-dealkylation sites (tertiary alicyclic amines) is 1. The molecule has 2 aromatic carbocycles. The van der Waals surface area contributed by atoms with Crippen molar-refractivity contribution < 1.29 is 24.5 Å². The summed E-state index contributed by atoms with van der Waals surface area (Å²) in [4.78, 5) is 15.0. The second-order valence-electron chi connectivity index (χ2n) is 10.1. The van der Waals surface area contributed by atoms with Crippen molar-refractivity contribution >= 4 is 17.5 Å². The Morgan fingerprint density at radius 3 is 2.74 bits per heavy atom. The molecule has 8 heteroatoms. The van der Waals surface area contributed by atoms with Crippen LogP contribution in [0.15, 0.2) is 36.4 Å². The van der Waals surface area contributed by atoms with Crippen molar-refractivity contribution in [3.05, 3.63) is 52.5 Å². The molecule has 1 spiro atoms. The van der Waals surface area contributed by atoms with Gasteiger partial charge < -0.3 is 29.9 Å². The smallest absolute Gasteiger partial charge is 0.255 e. The lowest BCUT2D eigenvalue weighted by Gasteiger charge is -2.39. The summed E-state index contributed by atoms with van der Waals surface area (Å²) in [5.41, 5.74) is 1.35. The van der Waals surface area contributed by atoms with E-state index in [0.29, 0.717) is 12.1 Å². The number of hydrogen-bond acceptors (Lipinski definition) is 6. The molecule has 1 saturated heterocycles. The number of carbonyl (C=O) groups excluding carboxylic acids is 1.